The Bertz CT molecular complexity index is 1110. The highest BCUT2D eigenvalue weighted by Crippen LogP contribution is 2.28. The van der Waals surface area contributed by atoms with E-state index in [-0.39, 0.29) is 29.4 Å². The van der Waals surface area contributed by atoms with E-state index in [0.717, 1.165) is 12.1 Å². The first-order chi connectivity index (χ1) is 15.1. The van der Waals surface area contributed by atoms with Crippen LogP contribution in [-0.2, 0) is 21.9 Å². The first kappa shape index (κ1) is 23.5. The van der Waals surface area contributed by atoms with Gasteiger partial charge in [-0.05, 0) is 12.8 Å². The molecule has 14 heteroatoms. The number of rotatable bonds is 8. The van der Waals surface area contributed by atoms with Gasteiger partial charge >= 0.3 is 0 Å². The summed E-state index contributed by atoms with van der Waals surface area (Å²) in [4.78, 5) is 23.2. The number of benzene rings is 1. The lowest BCUT2D eigenvalue weighted by atomic mass is 9.98. The standard InChI is InChI=1S/C18H21F2N5O6S/c1-23-10-16(8-21-23)32(29,30)24-4-2-3-12(9-24)18(26)22-13-5-14(25(27)28)7-15(6-13)31-11-17(19)20/h5-8,10,12,17H,2-4,9,11H2,1H3,(H,22,26)/t12-/m1/s1. The monoisotopic (exact) mass is 473 g/mol. The largest absolute Gasteiger partial charge is 0.487 e. The van der Waals surface area contributed by atoms with E-state index in [9.17, 15) is 32.1 Å². The maximum atomic E-state index is 12.8. The van der Waals surface area contributed by atoms with Gasteiger partial charge in [-0.25, -0.2) is 17.2 Å². The van der Waals surface area contributed by atoms with E-state index in [4.69, 9.17) is 4.74 Å². The number of carbonyl (C=O) groups excluding carboxylic acids is 1. The van der Waals surface area contributed by atoms with E-state index in [2.05, 4.69) is 10.4 Å². The molecule has 1 atom stereocenters. The zero-order chi connectivity index (χ0) is 23.5. The number of aromatic nitrogens is 2. The van der Waals surface area contributed by atoms with Crippen molar-refractivity contribution < 1.29 is 31.7 Å². The van der Waals surface area contributed by atoms with Crippen LogP contribution in [0.2, 0.25) is 0 Å². The van der Waals surface area contributed by atoms with Gasteiger partial charge in [-0.2, -0.15) is 9.40 Å². The molecule has 0 saturated carbocycles. The van der Waals surface area contributed by atoms with Crippen LogP contribution in [0, 0.1) is 16.0 Å². The van der Waals surface area contributed by atoms with Crippen molar-refractivity contribution in [1.82, 2.24) is 14.1 Å². The third-order valence-corrected chi connectivity index (χ3v) is 6.64. The van der Waals surface area contributed by atoms with Crippen molar-refractivity contribution in [2.24, 2.45) is 13.0 Å². The molecule has 1 aromatic heterocycles. The molecule has 0 aliphatic carbocycles. The normalized spacial score (nSPS) is 17.3. The molecule has 0 spiro atoms. The summed E-state index contributed by atoms with van der Waals surface area (Å²) in [6, 6.07) is 3.24. The fourth-order valence-corrected chi connectivity index (χ4v) is 4.81. The van der Waals surface area contributed by atoms with Crippen LogP contribution in [0.1, 0.15) is 12.8 Å². The van der Waals surface area contributed by atoms with E-state index in [1.165, 1.54) is 27.4 Å². The molecule has 0 radical (unpaired) electrons. The second-order valence-electron chi connectivity index (χ2n) is 7.22. The van der Waals surface area contributed by atoms with Gasteiger partial charge in [0.05, 0.1) is 28.8 Å². The third-order valence-electron chi connectivity index (χ3n) is 4.82. The Hall–Kier alpha value is -3.13. The number of nitro benzene ring substituents is 1. The van der Waals surface area contributed by atoms with Crippen molar-refractivity contribution in [3.63, 3.8) is 0 Å². The number of nitro groups is 1. The smallest absolute Gasteiger partial charge is 0.275 e. The number of halogens is 2. The van der Waals surface area contributed by atoms with E-state index in [0.29, 0.717) is 12.8 Å². The molecule has 2 aromatic rings. The number of hydrogen-bond acceptors (Lipinski definition) is 7. The first-order valence-corrected chi connectivity index (χ1v) is 11.0. The van der Waals surface area contributed by atoms with Crippen molar-refractivity contribution in [3.8, 4) is 5.75 Å². The third kappa shape index (κ3) is 5.56. The Labute approximate surface area is 182 Å². The summed E-state index contributed by atoms with van der Waals surface area (Å²) in [5.41, 5.74) is -0.461. The molecule has 1 aromatic carbocycles. The van der Waals surface area contributed by atoms with Crippen molar-refractivity contribution in [2.45, 2.75) is 24.2 Å². The molecule has 1 aliphatic rings. The number of nitrogens with one attached hydrogen (secondary N) is 1. The number of amides is 1. The van der Waals surface area contributed by atoms with Gasteiger partial charge < -0.3 is 10.1 Å². The maximum absolute atomic E-state index is 12.8. The molecule has 0 bridgehead atoms. The van der Waals surface area contributed by atoms with Crippen LogP contribution < -0.4 is 10.1 Å². The first-order valence-electron chi connectivity index (χ1n) is 9.56. The summed E-state index contributed by atoms with van der Waals surface area (Å²) >= 11 is 0. The number of hydrogen-bond donors (Lipinski definition) is 1. The number of anilines is 1. The zero-order valence-electron chi connectivity index (χ0n) is 17.0. The minimum atomic E-state index is -3.83. The van der Waals surface area contributed by atoms with E-state index >= 15 is 0 Å². The van der Waals surface area contributed by atoms with Crippen molar-refractivity contribution >= 4 is 27.3 Å². The van der Waals surface area contributed by atoms with Crippen LogP contribution in [0.4, 0.5) is 20.2 Å². The Kier molecular flexibility index (Phi) is 7.03. The Morgan fingerprint density at radius 3 is 2.78 bits per heavy atom. The van der Waals surface area contributed by atoms with Crippen LogP contribution in [0.25, 0.3) is 0 Å². The Morgan fingerprint density at radius 1 is 1.41 bits per heavy atom. The minimum absolute atomic E-state index is 0.0132. The zero-order valence-corrected chi connectivity index (χ0v) is 17.8. The van der Waals surface area contributed by atoms with Crippen LogP contribution in [0.5, 0.6) is 5.75 Å². The Morgan fingerprint density at radius 2 is 2.16 bits per heavy atom. The number of sulfonamides is 1. The van der Waals surface area contributed by atoms with Gasteiger partial charge in [-0.3, -0.25) is 19.6 Å². The highest BCUT2D eigenvalue weighted by atomic mass is 32.2. The SMILES string of the molecule is Cn1cc(S(=O)(=O)N2CCC[C@@H](C(=O)Nc3cc(OCC(F)F)cc([N+](=O)[O-])c3)C2)cn1. The van der Waals surface area contributed by atoms with Crippen LogP contribution in [0.3, 0.4) is 0 Å². The number of ether oxygens (including phenoxy) is 1. The number of piperidine rings is 1. The van der Waals surface area contributed by atoms with Gasteiger partial charge in [-0.1, -0.05) is 0 Å². The second kappa shape index (κ2) is 9.56. The predicted octanol–water partition coefficient (Wildman–Crippen LogP) is 2.01. The van der Waals surface area contributed by atoms with Gasteiger partial charge in [0.25, 0.3) is 12.1 Å². The van der Waals surface area contributed by atoms with Crippen LogP contribution >= 0.6 is 0 Å². The summed E-state index contributed by atoms with van der Waals surface area (Å²) < 4.78 is 57.8. The lowest BCUT2D eigenvalue weighted by Gasteiger charge is -2.30. The molecular weight excluding hydrogens is 452 g/mol. The molecule has 11 nitrogen and oxygen atoms in total. The minimum Gasteiger partial charge on any atom is -0.487 e. The molecule has 1 N–H and O–H groups in total. The topological polar surface area (TPSA) is 137 Å². The maximum Gasteiger partial charge on any atom is 0.275 e. The van der Waals surface area contributed by atoms with Gasteiger partial charge in [0.15, 0.2) is 0 Å². The van der Waals surface area contributed by atoms with Crippen molar-refractivity contribution in [1.29, 1.82) is 0 Å². The van der Waals surface area contributed by atoms with E-state index in [1.54, 1.807) is 7.05 Å². The highest BCUT2D eigenvalue weighted by Gasteiger charge is 2.34. The van der Waals surface area contributed by atoms with Crippen molar-refractivity contribution in [2.75, 3.05) is 25.0 Å². The van der Waals surface area contributed by atoms with E-state index in [1.807, 2.05) is 0 Å². The molecule has 3 rings (SSSR count). The van der Waals surface area contributed by atoms with Crippen molar-refractivity contribution in [3.05, 3.63) is 40.7 Å². The lowest BCUT2D eigenvalue weighted by molar-refractivity contribution is -0.384. The van der Waals surface area contributed by atoms with Crippen LogP contribution in [-0.4, -0.2) is 59.5 Å². The number of non-ortho nitro benzene ring substituents is 1. The Balaban J connectivity index is 1.74. The van der Waals surface area contributed by atoms with Gasteiger partial charge in [0.1, 0.15) is 17.3 Å². The molecule has 1 aliphatic heterocycles. The number of alkyl halides is 2. The number of carbonyl (C=O) groups is 1. The molecule has 1 saturated heterocycles. The van der Waals surface area contributed by atoms with Gasteiger partial charge in [0, 0.05) is 38.5 Å². The molecule has 1 amide bonds. The van der Waals surface area contributed by atoms with E-state index < -0.39 is 45.5 Å². The summed E-state index contributed by atoms with van der Waals surface area (Å²) in [7, 11) is -2.24. The molecule has 174 valence electrons. The second-order valence-corrected chi connectivity index (χ2v) is 9.15. The highest BCUT2D eigenvalue weighted by molar-refractivity contribution is 7.89. The summed E-state index contributed by atoms with van der Waals surface area (Å²) in [6.07, 6.45) is 0.665. The quantitative estimate of drug-likeness (QED) is 0.457. The average Bonchev–Trinajstić information content (AvgIpc) is 3.19. The summed E-state index contributed by atoms with van der Waals surface area (Å²) in [5.74, 6) is -1.45. The number of aryl methyl sites for hydroxylation is 1. The van der Waals surface area contributed by atoms with Crippen LogP contribution in [0.15, 0.2) is 35.5 Å². The fraction of sp³-hybridized carbons (Fsp3) is 0.444. The molecule has 32 heavy (non-hydrogen) atoms. The van der Waals surface area contributed by atoms with Gasteiger partial charge in [0.2, 0.25) is 15.9 Å². The van der Waals surface area contributed by atoms with Gasteiger partial charge in [-0.15, -0.1) is 0 Å². The lowest BCUT2D eigenvalue weighted by Crippen LogP contribution is -2.43. The average molecular weight is 473 g/mol. The molecule has 0 unspecified atom stereocenters. The molecular formula is C18H21F2N5O6S. The molecule has 2 heterocycles. The number of nitrogens with zero attached hydrogens (tertiary/aromatic N) is 4. The molecule has 1 fully saturated rings. The summed E-state index contributed by atoms with van der Waals surface area (Å²) in [6.45, 7) is -0.797. The summed E-state index contributed by atoms with van der Waals surface area (Å²) in [5, 5.41) is 17.5. The predicted molar refractivity (Wildman–Crippen MR) is 108 cm³/mol. The fourth-order valence-electron chi connectivity index (χ4n) is 3.30.